The number of amides is 1. The monoisotopic (exact) mass is 276 g/mol. The van der Waals surface area contributed by atoms with Gasteiger partial charge in [-0.3, -0.25) is 9.78 Å². The number of aryl methyl sites for hydroxylation is 1. The molecule has 0 bridgehead atoms. The van der Waals surface area contributed by atoms with Crippen LogP contribution < -0.4 is 5.32 Å². The highest BCUT2D eigenvalue weighted by molar-refractivity contribution is 7.16. The summed E-state index contributed by atoms with van der Waals surface area (Å²) in [4.78, 5) is 27.6. The van der Waals surface area contributed by atoms with Gasteiger partial charge in [-0.2, -0.15) is 0 Å². The van der Waals surface area contributed by atoms with Crippen molar-refractivity contribution in [2.75, 3.05) is 5.32 Å². The fraction of sp³-hybridized carbons (Fsp3) is 0.154. The summed E-state index contributed by atoms with van der Waals surface area (Å²) < 4.78 is 0. The number of carbonyl (C=O) groups is 2. The van der Waals surface area contributed by atoms with Gasteiger partial charge in [0.25, 0.3) is 0 Å². The van der Waals surface area contributed by atoms with Gasteiger partial charge in [0.15, 0.2) is 0 Å². The number of aromatic nitrogens is 1. The fourth-order valence-corrected chi connectivity index (χ4v) is 2.54. The Morgan fingerprint density at radius 3 is 2.89 bits per heavy atom. The Kier molecular flexibility index (Phi) is 3.91. The van der Waals surface area contributed by atoms with Gasteiger partial charge in [-0.1, -0.05) is 6.07 Å². The second-order valence-corrected chi connectivity index (χ2v) is 5.25. The molecule has 1 amide bonds. The van der Waals surface area contributed by atoms with Gasteiger partial charge >= 0.3 is 5.97 Å². The Hall–Kier alpha value is -2.21. The van der Waals surface area contributed by atoms with Crippen LogP contribution in [-0.2, 0) is 11.2 Å². The molecule has 0 spiro atoms. The van der Waals surface area contributed by atoms with E-state index < -0.39 is 5.97 Å². The van der Waals surface area contributed by atoms with Gasteiger partial charge in [-0.05, 0) is 24.6 Å². The van der Waals surface area contributed by atoms with Crippen LogP contribution in [0.15, 0.2) is 30.6 Å². The molecule has 2 rings (SSSR count). The summed E-state index contributed by atoms with van der Waals surface area (Å²) in [5.41, 5.74) is 0.909. The second-order valence-electron chi connectivity index (χ2n) is 3.99. The van der Waals surface area contributed by atoms with E-state index >= 15 is 0 Å². The van der Waals surface area contributed by atoms with Crippen LogP contribution in [0.2, 0.25) is 0 Å². The number of pyridine rings is 1. The number of nitrogens with zero attached hydrogens (tertiary/aromatic N) is 1. The predicted octanol–water partition coefficient (Wildman–Crippen LogP) is 2.33. The van der Waals surface area contributed by atoms with Crippen molar-refractivity contribution in [2.24, 2.45) is 0 Å². The first-order chi connectivity index (χ1) is 9.06. The molecule has 2 heterocycles. The summed E-state index contributed by atoms with van der Waals surface area (Å²) in [5.74, 6) is -1.29. The van der Waals surface area contributed by atoms with E-state index in [0.29, 0.717) is 5.00 Å². The molecule has 2 N–H and O–H groups in total. The molecule has 5 nitrogen and oxygen atoms in total. The molecule has 0 aliphatic heterocycles. The number of carboxylic acids is 1. The Morgan fingerprint density at radius 2 is 2.26 bits per heavy atom. The maximum absolute atomic E-state index is 11.8. The molecule has 6 heteroatoms. The minimum absolute atomic E-state index is 0.127. The minimum Gasteiger partial charge on any atom is -0.478 e. The van der Waals surface area contributed by atoms with Crippen molar-refractivity contribution < 1.29 is 14.7 Å². The Bertz CT molecular complexity index is 608. The molecule has 0 unspecified atom stereocenters. The highest BCUT2D eigenvalue weighted by atomic mass is 32.1. The van der Waals surface area contributed by atoms with E-state index in [-0.39, 0.29) is 17.9 Å². The molecule has 19 heavy (non-hydrogen) atoms. The van der Waals surface area contributed by atoms with Gasteiger partial charge in [0.05, 0.1) is 12.0 Å². The van der Waals surface area contributed by atoms with Gasteiger partial charge < -0.3 is 10.4 Å². The van der Waals surface area contributed by atoms with E-state index in [9.17, 15) is 9.59 Å². The van der Waals surface area contributed by atoms with Crippen LogP contribution in [-0.4, -0.2) is 22.0 Å². The van der Waals surface area contributed by atoms with Crippen LogP contribution in [0.4, 0.5) is 5.00 Å². The minimum atomic E-state index is -1.04. The third-order valence-corrected chi connectivity index (χ3v) is 3.39. The van der Waals surface area contributed by atoms with Crippen LogP contribution in [0, 0.1) is 6.92 Å². The van der Waals surface area contributed by atoms with E-state index in [4.69, 9.17) is 5.11 Å². The van der Waals surface area contributed by atoms with E-state index in [0.717, 1.165) is 10.4 Å². The largest absolute Gasteiger partial charge is 0.478 e. The van der Waals surface area contributed by atoms with Crippen molar-refractivity contribution in [1.29, 1.82) is 0 Å². The van der Waals surface area contributed by atoms with E-state index in [1.807, 2.05) is 0 Å². The van der Waals surface area contributed by atoms with Crippen LogP contribution >= 0.6 is 11.3 Å². The first-order valence-electron chi connectivity index (χ1n) is 5.58. The molecule has 2 aromatic heterocycles. The molecule has 0 saturated carbocycles. The summed E-state index contributed by atoms with van der Waals surface area (Å²) in [5, 5.41) is 12.0. The molecule has 0 radical (unpaired) electrons. The topological polar surface area (TPSA) is 79.3 Å². The maximum Gasteiger partial charge on any atom is 0.338 e. The standard InChI is InChI=1S/C13H12N2O3S/c1-8-5-10(13(17)18)12(19-8)15-11(16)6-9-3-2-4-14-7-9/h2-5,7H,6H2,1H3,(H,15,16)(H,17,18). The molecular formula is C13H12N2O3S. The fourth-order valence-electron chi connectivity index (χ4n) is 1.62. The van der Waals surface area contributed by atoms with Crippen molar-refractivity contribution in [2.45, 2.75) is 13.3 Å². The normalized spacial score (nSPS) is 10.2. The quantitative estimate of drug-likeness (QED) is 0.898. The number of nitrogens with one attached hydrogen (secondary N) is 1. The van der Waals surface area contributed by atoms with Crippen molar-refractivity contribution >= 4 is 28.2 Å². The zero-order valence-corrected chi connectivity index (χ0v) is 11.0. The lowest BCUT2D eigenvalue weighted by atomic mass is 10.2. The molecule has 0 saturated heterocycles. The summed E-state index contributed by atoms with van der Waals surface area (Å²) >= 11 is 1.25. The van der Waals surface area contributed by atoms with Crippen molar-refractivity contribution in [3.05, 3.63) is 46.6 Å². The summed E-state index contributed by atoms with van der Waals surface area (Å²) in [7, 11) is 0. The van der Waals surface area contributed by atoms with Crippen molar-refractivity contribution in [3.8, 4) is 0 Å². The third kappa shape index (κ3) is 3.38. The van der Waals surface area contributed by atoms with Gasteiger partial charge in [-0.15, -0.1) is 11.3 Å². The smallest absolute Gasteiger partial charge is 0.338 e. The average Bonchev–Trinajstić information content (AvgIpc) is 2.71. The number of carbonyl (C=O) groups excluding carboxylic acids is 1. The van der Waals surface area contributed by atoms with Crippen LogP contribution in [0.25, 0.3) is 0 Å². The van der Waals surface area contributed by atoms with Crippen molar-refractivity contribution in [3.63, 3.8) is 0 Å². The second kappa shape index (κ2) is 5.62. The van der Waals surface area contributed by atoms with E-state index in [2.05, 4.69) is 10.3 Å². The molecule has 0 aromatic carbocycles. The molecule has 2 aromatic rings. The lowest BCUT2D eigenvalue weighted by Crippen LogP contribution is -2.15. The van der Waals surface area contributed by atoms with Crippen LogP contribution in [0.5, 0.6) is 0 Å². The maximum atomic E-state index is 11.8. The highest BCUT2D eigenvalue weighted by Gasteiger charge is 2.15. The third-order valence-electron chi connectivity index (χ3n) is 2.43. The molecule has 98 valence electrons. The van der Waals surface area contributed by atoms with Gasteiger partial charge in [-0.25, -0.2) is 4.79 Å². The molecule has 0 fully saturated rings. The number of rotatable bonds is 4. The Balaban J connectivity index is 2.09. The average molecular weight is 276 g/mol. The zero-order valence-electron chi connectivity index (χ0n) is 10.2. The number of hydrogen-bond acceptors (Lipinski definition) is 4. The number of thiophene rings is 1. The first-order valence-corrected chi connectivity index (χ1v) is 6.40. The summed E-state index contributed by atoms with van der Waals surface area (Å²) in [6.07, 6.45) is 3.41. The van der Waals surface area contributed by atoms with Crippen molar-refractivity contribution in [1.82, 2.24) is 4.98 Å². The lowest BCUT2D eigenvalue weighted by molar-refractivity contribution is -0.115. The van der Waals surface area contributed by atoms with Crippen LogP contribution in [0.3, 0.4) is 0 Å². The number of aromatic carboxylic acids is 1. The molecule has 0 atom stereocenters. The first kappa shape index (κ1) is 13.2. The van der Waals surface area contributed by atoms with E-state index in [1.54, 1.807) is 37.5 Å². The number of hydrogen-bond donors (Lipinski definition) is 2. The molecular weight excluding hydrogens is 264 g/mol. The number of anilines is 1. The Morgan fingerprint density at radius 1 is 1.47 bits per heavy atom. The SMILES string of the molecule is Cc1cc(C(=O)O)c(NC(=O)Cc2cccnc2)s1. The number of carboxylic acid groups (broad SMARTS) is 1. The van der Waals surface area contributed by atoms with Gasteiger partial charge in [0.1, 0.15) is 5.00 Å². The molecule has 0 aliphatic carbocycles. The van der Waals surface area contributed by atoms with Gasteiger partial charge in [0.2, 0.25) is 5.91 Å². The molecule has 0 aliphatic rings. The van der Waals surface area contributed by atoms with Crippen LogP contribution in [0.1, 0.15) is 20.8 Å². The van der Waals surface area contributed by atoms with E-state index in [1.165, 1.54) is 11.3 Å². The predicted molar refractivity (Wildman–Crippen MR) is 72.6 cm³/mol. The highest BCUT2D eigenvalue weighted by Crippen LogP contribution is 2.27. The summed E-state index contributed by atoms with van der Waals surface area (Å²) in [6, 6.07) is 5.09. The van der Waals surface area contributed by atoms with Gasteiger partial charge in [0, 0.05) is 17.3 Å². The Labute approximate surface area is 113 Å². The summed E-state index contributed by atoms with van der Waals surface area (Å²) in [6.45, 7) is 1.80. The lowest BCUT2D eigenvalue weighted by Gasteiger charge is -2.03. The zero-order chi connectivity index (χ0) is 13.8.